The summed E-state index contributed by atoms with van der Waals surface area (Å²) >= 11 is 3.59. The quantitative estimate of drug-likeness (QED) is 0.656. The van der Waals surface area contributed by atoms with Gasteiger partial charge in [0.2, 0.25) is 0 Å². The maximum atomic E-state index is 12.9. The van der Waals surface area contributed by atoms with Gasteiger partial charge in [-0.15, -0.1) is 0 Å². The second-order valence-electron chi connectivity index (χ2n) is 5.78. The monoisotopic (exact) mass is 395 g/mol. The van der Waals surface area contributed by atoms with Crippen molar-refractivity contribution in [1.82, 2.24) is 5.32 Å². The molecule has 0 aromatic heterocycles. The first-order chi connectivity index (χ1) is 11.5. The summed E-state index contributed by atoms with van der Waals surface area (Å²) in [7, 11) is 1.64. The highest BCUT2D eigenvalue weighted by molar-refractivity contribution is 9.10. The highest BCUT2D eigenvalue weighted by Crippen LogP contribution is 2.36. The summed E-state index contributed by atoms with van der Waals surface area (Å²) in [6.07, 6.45) is 0.897. The molecule has 0 spiro atoms. The lowest BCUT2D eigenvalue weighted by Gasteiger charge is -2.19. The van der Waals surface area contributed by atoms with Gasteiger partial charge in [0.25, 0.3) is 0 Å². The van der Waals surface area contributed by atoms with Crippen LogP contribution in [0.4, 0.5) is 4.39 Å². The summed E-state index contributed by atoms with van der Waals surface area (Å²) in [6.45, 7) is 5.43. The normalized spacial score (nSPS) is 10.9. The van der Waals surface area contributed by atoms with E-state index in [1.54, 1.807) is 7.11 Å². The molecule has 0 heterocycles. The Balaban J connectivity index is 2.01. The van der Waals surface area contributed by atoms with Gasteiger partial charge in [-0.05, 0) is 56.6 Å². The molecule has 0 atom stereocenters. The molecule has 2 aromatic carbocycles. The van der Waals surface area contributed by atoms with Crippen LogP contribution in [0.15, 0.2) is 40.9 Å². The smallest absolute Gasteiger partial charge is 0.167 e. The molecule has 2 aromatic rings. The van der Waals surface area contributed by atoms with E-state index in [0.29, 0.717) is 6.54 Å². The minimum absolute atomic E-state index is 0.0613. The van der Waals surface area contributed by atoms with Gasteiger partial charge >= 0.3 is 0 Å². The lowest BCUT2D eigenvalue weighted by atomic mass is 10.1. The zero-order valence-corrected chi connectivity index (χ0v) is 15.8. The second-order valence-corrected chi connectivity index (χ2v) is 6.63. The summed E-state index contributed by atoms with van der Waals surface area (Å²) < 4.78 is 25.3. The van der Waals surface area contributed by atoms with Crippen molar-refractivity contribution in [3.05, 3.63) is 57.8 Å². The Hall–Kier alpha value is -1.59. The van der Waals surface area contributed by atoms with Crippen molar-refractivity contribution in [2.75, 3.05) is 13.7 Å². The highest BCUT2D eigenvalue weighted by atomic mass is 79.9. The van der Waals surface area contributed by atoms with Crippen LogP contribution in [-0.4, -0.2) is 19.8 Å². The number of halogens is 2. The molecule has 0 aliphatic carbocycles. The molecule has 0 amide bonds. The molecule has 0 fully saturated rings. The van der Waals surface area contributed by atoms with Gasteiger partial charge in [-0.1, -0.05) is 28.1 Å². The van der Waals surface area contributed by atoms with Gasteiger partial charge in [-0.25, -0.2) is 4.39 Å². The van der Waals surface area contributed by atoms with E-state index in [4.69, 9.17) is 9.47 Å². The van der Waals surface area contributed by atoms with Crippen LogP contribution in [0.5, 0.6) is 11.5 Å². The zero-order valence-electron chi connectivity index (χ0n) is 14.2. The van der Waals surface area contributed by atoms with Crippen LogP contribution in [0.25, 0.3) is 0 Å². The predicted octanol–water partition coefficient (Wildman–Crippen LogP) is 4.72. The maximum absolute atomic E-state index is 12.9. The number of hydrogen-bond acceptors (Lipinski definition) is 3. The summed E-state index contributed by atoms with van der Waals surface area (Å²) in [4.78, 5) is 0. The van der Waals surface area contributed by atoms with E-state index in [0.717, 1.165) is 40.1 Å². The van der Waals surface area contributed by atoms with Crippen LogP contribution >= 0.6 is 15.9 Å². The van der Waals surface area contributed by atoms with E-state index < -0.39 is 0 Å². The van der Waals surface area contributed by atoms with Crippen molar-refractivity contribution >= 4 is 15.9 Å². The van der Waals surface area contributed by atoms with Crippen LogP contribution in [0.2, 0.25) is 0 Å². The molecule has 0 saturated heterocycles. The van der Waals surface area contributed by atoms with Crippen LogP contribution in [0.1, 0.15) is 25.0 Å². The van der Waals surface area contributed by atoms with Gasteiger partial charge in [-0.3, -0.25) is 0 Å². The van der Waals surface area contributed by atoms with Crippen LogP contribution < -0.4 is 14.8 Å². The summed E-state index contributed by atoms with van der Waals surface area (Å²) in [6, 6.07) is 10.5. The van der Waals surface area contributed by atoms with Crippen molar-refractivity contribution in [1.29, 1.82) is 0 Å². The number of ether oxygens (including phenoxy) is 2. The summed E-state index contributed by atoms with van der Waals surface area (Å²) in [5.41, 5.74) is 2.13. The first kappa shape index (κ1) is 18.7. The van der Waals surface area contributed by atoms with Crippen LogP contribution in [0, 0.1) is 5.82 Å². The summed E-state index contributed by atoms with van der Waals surface area (Å²) in [5, 5.41) is 3.41. The van der Waals surface area contributed by atoms with Crippen molar-refractivity contribution in [2.45, 2.75) is 32.9 Å². The largest absolute Gasteiger partial charge is 0.493 e. The molecule has 5 heteroatoms. The van der Waals surface area contributed by atoms with Gasteiger partial charge in [0.15, 0.2) is 11.5 Å². The van der Waals surface area contributed by atoms with E-state index in [1.807, 2.05) is 38.1 Å². The van der Waals surface area contributed by atoms with E-state index in [1.165, 1.54) is 12.1 Å². The molecule has 1 N–H and O–H groups in total. The molecule has 0 bridgehead atoms. The van der Waals surface area contributed by atoms with Crippen molar-refractivity contribution in [2.24, 2.45) is 0 Å². The van der Waals surface area contributed by atoms with Gasteiger partial charge in [0.1, 0.15) is 5.82 Å². The third-order valence-electron chi connectivity index (χ3n) is 3.55. The van der Waals surface area contributed by atoms with Crippen molar-refractivity contribution in [3.63, 3.8) is 0 Å². The van der Waals surface area contributed by atoms with E-state index in [-0.39, 0.29) is 11.9 Å². The number of methoxy groups -OCH3 is 1. The van der Waals surface area contributed by atoms with Gasteiger partial charge in [0, 0.05) is 16.6 Å². The fourth-order valence-electron chi connectivity index (χ4n) is 2.37. The molecule has 0 saturated carbocycles. The SMILES string of the molecule is COc1ccc(Br)c(CNCCc2ccc(F)cc2)c1OC(C)C. The maximum Gasteiger partial charge on any atom is 0.167 e. The molecule has 24 heavy (non-hydrogen) atoms. The van der Waals surface area contributed by atoms with Crippen molar-refractivity contribution in [3.8, 4) is 11.5 Å². The Bertz CT molecular complexity index is 659. The molecule has 0 aliphatic rings. The average Bonchev–Trinajstić information content (AvgIpc) is 2.55. The lowest BCUT2D eigenvalue weighted by molar-refractivity contribution is 0.227. The minimum Gasteiger partial charge on any atom is -0.493 e. The third-order valence-corrected chi connectivity index (χ3v) is 4.29. The first-order valence-corrected chi connectivity index (χ1v) is 8.77. The molecular weight excluding hydrogens is 373 g/mol. The minimum atomic E-state index is -0.206. The third kappa shape index (κ3) is 5.21. The van der Waals surface area contributed by atoms with Gasteiger partial charge < -0.3 is 14.8 Å². The molecule has 2 rings (SSSR count). The fourth-order valence-corrected chi connectivity index (χ4v) is 2.82. The Morgan fingerprint density at radius 3 is 2.46 bits per heavy atom. The Kier molecular flexibility index (Phi) is 7.06. The zero-order chi connectivity index (χ0) is 17.5. The van der Waals surface area contributed by atoms with Crippen LogP contribution in [-0.2, 0) is 13.0 Å². The topological polar surface area (TPSA) is 30.5 Å². The molecule has 0 unspecified atom stereocenters. The molecule has 130 valence electrons. The Morgan fingerprint density at radius 1 is 1.12 bits per heavy atom. The average molecular weight is 396 g/mol. The number of rotatable bonds is 8. The molecule has 0 aliphatic heterocycles. The molecule has 3 nitrogen and oxygen atoms in total. The fraction of sp³-hybridized carbons (Fsp3) is 0.368. The Labute approximate surface area is 151 Å². The number of hydrogen-bond donors (Lipinski definition) is 1. The van der Waals surface area contributed by atoms with Gasteiger partial charge in [-0.2, -0.15) is 0 Å². The van der Waals surface area contributed by atoms with Crippen LogP contribution in [0.3, 0.4) is 0 Å². The first-order valence-electron chi connectivity index (χ1n) is 7.98. The number of benzene rings is 2. The molecular formula is C19H23BrFNO2. The summed E-state index contributed by atoms with van der Waals surface area (Å²) in [5.74, 6) is 1.28. The predicted molar refractivity (Wildman–Crippen MR) is 98.3 cm³/mol. The molecule has 0 radical (unpaired) electrons. The van der Waals surface area contributed by atoms with Crippen molar-refractivity contribution < 1.29 is 13.9 Å². The highest BCUT2D eigenvalue weighted by Gasteiger charge is 2.15. The van der Waals surface area contributed by atoms with E-state index >= 15 is 0 Å². The van der Waals surface area contributed by atoms with E-state index in [2.05, 4.69) is 21.2 Å². The lowest BCUT2D eigenvalue weighted by Crippen LogP contribution is -2.19. The second kappa shape index (κ2) is 9.04. The van der Waals surface area contributed by atoms with E-state index in [9.17, 15) is 4.39 Å². The van der Waals surface area contributed by atoms with Gasteiger partial charge in [0.05, 0.1) is 13.2 Å². The number of nitrogens with one attached hydrogen (secondary N) is 1. The Morgan fingerprint density at radius 2 is 1.83 bits per heavy atom. The standard InChI is InChI=1S/C19H23BrFNO2/c1-13(2)24-19-16(17(20)8-9-18(19)23-3)12-22-11-10-14-4-6-15(21)7-5-14/h4-9,13,22H,10-12H2,1-3H3.